The summed E-state index contributed by atoms with van der Waals surface area (Å²) in [5, 5.41) is 0.485. The molecular formula is C20H28F2N4O2S. The summed E-state index contributed by atoms with van der Waals surface area (Å²) in [6, 6.07) is 0. The highest BCUT2D eigenvalue weighted by Gasteiger charge is 2.57. The van der Waals surface area contributed by atoms with Crippen molar-refractivity contribution >= 4 is 21.6 Å². The first-order chi connectivity index (χ1) is 13.3. The Balaban J connectivity index is 1.82. The molecule has 2 heterocycles. The molecule has 6 nitrogen and oxygen atoms in total. The van der Waals surface area contributed by atoms with Gasteiger partial charge in [-0.05, 0) is 53.0 Å². The smallest absolute Gasteiger partial charge is 0.284 e. The second-order valence-corrected chi connectivity index (χ2v) is 10.8. The van der Waals surface area contributed by atoms with Crippen molar-refractivity contribution in [1.29, 1.82) is 0 Å². The average Bonchev–Trinajstić information content (AvgIpc) is 3.42. The number of hydrogen-bond donors (Lipinski definition) is 2. The molecule has 2 N–H and O–H groups in total. The van der Waals surface area contributed by atoms with Crippen molar-refractivity contribution in [2.75, 3.05) is 0 Å². The summed E-state index contributed by atoms with van der Waals surface area (Å²) in [6.07, 6.45) is 1.30. The number of fused-ring (bicyclic) bond motifs is 1. The zero-order chi connectivity index (χ0) is 21.4. The largest absolute Gasteiger partial charge is 0.332 e. The lowest BCUT2D eigenvalue weighted by Crippen LogP contribution is -2.45. The SMILES string of the molecule is Cc1c(CNNC(C)(C)C)sc2c1c(=O)n(C1(C)CC1)c(=O)n2CC1CC1(F)F. The van der Waals surface area contributed by atoms with E-state index in [0.717, 1.165) is 23.3 Å². The Morgan fingerprint density at radius 3 is 2.38 bits per heavy atom. The molecule has 0 aromatic carbocycles. The molecule has 0 bridgehead atoms. The first-order valence-electron chi connectivity index (χ1n) is 10.0. The van der Waals surface area contributed by atoms with Crippen molar-refractivity contribution < 1.29 is 8.78 Å². The fraction of sp³-hybridized carbons (Fsp3) is 0.700. The molecule has 2 aliphatic rings. The number of halogens is 2. The first-order valence-corrected chi connectivity index (χ1v) is 10.8. The molecule has 1 atom stereocenters. The van der Waals surface area contributed by atoms with E-state index in [1.165, 1.54) is 20.5 Å². The third-order valence-corrected chi connectivity index (χ3v) is 7.21. The fourth-order valence-corrected chi connectivity index (χ4v) is 4.92. The number of aryl methyl sites for hydroxylation is 1. The summed E-state index contributed by atoms with van der Waals surface area (Å²) >= 11 is 1.34. The summed E-state index contributed by atoms with van der Waals surface area (Å²) in [7, 11) is 0. The molecular weight excluding hydrogens is 398 g/mol. The van der Waals surface area contributed by atoms with Gasteiger partial charge in [0.2, 0.25) is 0 Å². The van der Waals surface area contributed by atoms with Crippen molar-refractivity contribution in [3.05, 3.63) is 31.3 Å². The Morgan fingerprint density at radius 1 is 1.24 bits per heavy atom. The summed E-state index contributed by atoms with van der Waals surface area (Å²) in [6.45, 7) is 10.3. The van der Waals surface area contributed by atoms with Crippen molar-refractivity contribution in [3.8, 4) is 0 Å². The van der Waals surface area contributed by atoms with E-state index in [1.807, 2.05) is 34.6 Å². The lowest BCUT2D eigenvalue weighted by molar-refractivity contribution is 0.0950. The number of thiophene rings is 1. The molecule has 0 spiro atoms. The molecule has 0 amide bonds. The molecule has 9 heteroatoms. The second-order valence-electron chi connectivity index (χ2n) is 9.75. The van der Waals surface area contributed by atoms with E-state index < -0.39 is 23.1 Å². The number of hydrogen-bond acceptors (Lipinski definition) is 5. The minimum Gasteiger partial charge on any atom is -0.284 e. The van der Waals surface area contributed by atoms with E-state index in [4.69, 9.17) is 0 Å². The van der Waals surface area contributed by atoms with Gasteiger partial charge in [0.05, 0.1) is 10.9 Å². The van der Waals surface area contributed by atoms with Gasteiger partial charge in [0.1, 0.15) is 4.83 Å². The van der Waals surface area contributed by atoms with Crippen LogP contribution >= 0.6 is 11.3 Å². The molecule has 2 aromatic rings. The molecule has 0 saturated heterocycles. The number of aromatic nitrogens is 2. The molecule has 2 fully saturated rings. The van der Waals surface area contributed by atoms with Crippen LogP contribution in [0.5, 0.6) is 0 Å². The topological polar surface area (TPSA) is 68.1 Å². The lowest BCUT2D eigenvalue weighted by atomic mass is 10.1. The van der Waals surface area contributed by atoms with Crippen molar-refractivity contribution in [2.45, 2.75) is 84.0 Å². The summed E-state index contributed by atoms with van der Waals surface area (Å²) in [5.74, 6) is -3.56. The van der Waals surface area contributed by atoms with Gasteiger partial charge in [0.25, 0.3) is 11.5 Å². The molecule has 2 aromatic heterocycles. The van der Waals surface area contributed by atoms with Crippen LogP contribution in [0.2, 0.25) is 0 Å². The van der Waals surface area contributed by atoms with Crippen LogP contribution in [0.4, 0.5) is 8.78 Å². The highest BCUT2D eigenvalue weighted by molar-refractivity contribution is 7.18. The minimum absolute atomic E-state index is 0.0498. The molecule has 4 rings (SSSR count). The fourth-order valence-electron chi connectivity index (χ4n) is 3.68. The Morgan fingerprint density at radius 2 is 1.86 bits per heavy atom. The van der Waals surface area contributed by atoms with Gasteiger partial charge in [-0.25, -0.2) is 13.6 Å². The summed E-state index contributed by atoms with van der Waals surface area (Å²) < 4.78 is 29.9. The van der Waals surface area contributed by atoms with Gasteiger partial charge in [-0.3, -0.25) is 24.8 Å². The van der Waals surface area contributed by atoms with Crippen LogP contribution in [0.3, 0.4) is 0 Å². The van der Waals surface area contributed by atoms with Crippen molar-refractivity contribution in [3.63, 3.8) is 0 Å². The Bertz CT molecular complexity index is 1090. The second kappa shape index (κ2) is 6.46. The quantitative estimate of drug-likeness (QED) is 0.697. The van der Waals surface area contributed by atoms with Crippen LogP contribution in [0, 0.1) is 12.8 Å². The molecule has 2 aliphatic carbocycles. The van der Waals surface area contributed by atoms with E-state index in [9.17, 15) is 18.4 Å². The van der Waals surface area contributed by atoms with E-state index in [0.29, 0.717) is 16.8 Å². The average molecular weight is 427 g/mol. The standard InChI is InChI=1S/C20H28F2N4O2S/c1-11-13(9-23-24-18(2,3)4)29-16-14(11)15(27)26(19(5)6-7-19)17(28)25(16)10-12-8-20(12,21)22/h12,23-24H,6-10H2,1-5H3. The van der Waals surface area contributed by atoms with Crippen LogP contribution in [0.1, 0.15) is 57.4 Å². The minimum atomic E-state index is -2.72. The normalized spacial score (nSPS) is 22.2. The molecule has 0 aliphatic heterocycles. The number of nitrogens with one attached hydrogen (secondary N) is 2. The monoisotopic (exact) mass is 426 g/mol. The van der Waals surface area contributed by atoms with Gasteiger partial charge in [0, 0.05) is 35.8 Å². The molecule has 1 unspecified atom stereocenters. The van der Waals surface area contributed by atoms with Gasteiger partial charge in [-0.2, -0.15) is 0 Å². The van der Waals surface area contributed by atoms with Gasteiger partial charge in [-0.1, -0.05) is 0 Å². The lowest BCUT2D eigenvalue weighted by Gasteiger charge is -2.20. The van der Waals surface area contributed by atoms with Crippen LogP contribution in [0.25, 0.3) is 10.2 Å². The highest BCUT2D eigenvalue weighted by atomic mass is 32.1. The van der Waals surface area contributed by atoms with E-state index >= 15 is 0 Å². The third-order valence-electron chi connectivity index (χ3n) is 5.90. The Labute approximate surface area is 171 Å². The number of hydrazine groups is 1. The van der Waals surface area contributed by atoms with Gasteiger partial charge in [-0.15, -0.1) is 11.3 Å². The van der Waals surface area contributed by atoms with Gasteiger partial charge < -0.3 is 0 Å². The summed E-state index contributed by atoms with van der Waals surface area (Å²) in [4.78, 5) is 27.9. The number of alkyl halides is 2. The molecule has 160 valence electrons. The Hall–Kier alpha value is -1.58. The first kappa shape index (κ1) is 20.7. The van der Waals surface area contributed by atoms with E-state index in [-0.39, 0.29) is 24.1 Å². The van der Waals surface area contributed by atoms with Crippen LogP contribution in [-0.2, 0) is 18.6 Å². The van der Waals surface area contributed by atoms with Gasteiger partial charge >= 0.3 is 5.69 Å². The predicted molar refractivity (Wildman–Crippen MR) is 111 cm³/mol. The molecule has 29 heavy (non-hydrogen) atoms. The third kappa shape index (κ3) is 3.68. The van der Waals surface area contributed by atoms with Crippen molar-refractivity contribution in [1.82, 2.24) is 20.0 Å². The van der Waals surface area contributed by atoms with Crippen LogP contribution in [-0.4, -0.2) is 20.6 Å². The maximum atomic E-state index is 13.6. The highest BCUT2D eigenvalue weighted by Crippen LogP contribution is 2.50. The number of rotatable bonds is 6. The van der Waals surface area contributed by atoms with Crippen LogP contribution in [0.15, 0.2) is 9.59 Å². The van der Waals surface area contributed by atoms with Crippen LogP contribution < -0.4 is 22.1 Å². The molecule has 0 radical (unpaired) electrons. The Kier molecular flexibility index (Phi) is 4.61. The maximum absolute atomic E-state index is 13.6. The summed E-state index contributed by atoms with van der Waals surface area (Å²) in [5.41, 5.74) is 5.78. The van der Waals surface area contributed by atoms with Gasteiger partial charge in [0.15, 0.2) is 0 Å². The predicted octanol–water partition coefficient (Wildman–Crippen LogP) is 3.09. The van der Waals surface area contributed by atoms with E-state index in [2.05, 4.69) is 10.9 Å². The zero-order valence-electron chi connectivity index (χ0n) is 17.5. The maximum Gasteiger partial charge on any atom is 0.332 e. The van der Waals surface area contributed by atoms with Crippen molar-refractivity contribution in [2.24, 2.45) is 5.92 Å². The van der Waals surface area contributed by atoms with E-state index in [1.54, 1.807) is 0 Å². The zero-order valence-corrected chi connectivity index (χ0v) is 18.3. The number of nitrogens with zero attached hydrogens (tertiary/aromatic N) is 2. The molecule has 2 saturated carbocycles.